The van der Waals surface area contributed by atoms with E-state index in [4.69, 9.17) is 0 Å². The molecule has 0 aromatic heterocycles. The second-order valence-corrected chi connectivity index (χ2v) is 5.50. The average Bonchev–Trinajstić information content (AvgIpc) is 2.53. The van der Waals surface area contributed by atoms with E-state index in [0.717, 1.165) is 11.1 Å². The number of hydrogen-bond acceptors (Lipinski definition) is 2. The van der Waals surface area contributed by atoms with E-state index >= 15 is 0 Å². The predicted molar refractivity (Wildman–Crippen MR) is 69.1 cm³/mol. The number of amides is 2. The molecule has 90 valence electrons. The molecule has 0 bridgehead atoms. The van der Waals surface area contributed by atoms with Gasteiger partial charge in [-0.25, -0.2) is 0 Å². The quantitative estimate of drug-likeness (QED) is 0.672. The molecule has 0 saturated carbocycles. The molecule has 1 aromatic carbocycles. The van der Waals surface area contributed by atoms with Crippen LogP contribution in [-0.2, 0) is 9.59 Å². The van der Waals surface area contributed by atoms with Crippen LogP contribution in [0.5, 0.6) is 0 Å². The van der Waals surface area contributed by atoms with Crippen LogP contribution in [0.15, 0.2) is 24.3 Å². The Balaban J connectivity index is 2.47. The second-order valence-electron chi connectivity index (χ2n) is 4.52. The number of alkyl halides is 1. The monoisotopic (exact) mass is 295 g/mol. The minimum absolute atomic E-state index is 0.218. The molecule has 4 heteroatoms. The number of rotatable bonds is 2. The number of nitrogens with one attached hydrogen (secondary N) is 1. The van der Waals surface area contributed by atoms with Crippen LogP contribution in [0, 0.1) is 0 Å². The van der Waals surface area contributed by atoms with Gasteiger partial charge in [0, 0.05) is 0 Å². The van der Waals surface area contributed by atoms with Gasteiger partial charge in [-0.1, -0.05) is 54.0 Å². The minimum atomic E-state index is -0.463. The van der Waals surface area contributed by atoms with Crippen molar-refractivity contribution in [3.63, 3.8) is 0 Å². The molecule has 0 aliphatic carbocycles. The average molecular weight is 296 g/mol. The zero-order chi connectivity index (χ0) is 12.6. The van der Waals surface area contributed by atoms with Crippen molar-refractivity contribution in [2.45, 2.75) is 30.5 Å². The summed E-state index contributed by atoms with van der Waals surface area (Å²) in [5.74, 6) is -0.556. The minimum Gasteiger partial charge on any atom is -0.295 e. The zero-order valence-corrected chi connectivity index (χ0v) is 11.3. The fourth-order valence-corrected chi connectivity index (χ4v) is 2.81. The Bertz CT molecular complexity index is 470. The number of carbonyl (C=O) groups excluding carboxylic acids is 2. The van der Waals surface area contributed by atoms with Crippen molar-refractivity contribution in [1.29, 1.82) is 0 Å². The molecule has 2 atom stereocenters. The molecule has 3 nitrogen and oxygen atoms in total. The van der Waals surface area contributed by atoms with Crippen LogP contribution in [0.3, 0.4) is 0 Å². The molecule has 2 unspecified atom stereocenters. The third-order valence-corrected chi connectivity index (χ3v) is 3.97. The lowest BCUT2D eigenvalue weighted by Gasteiger charge is -2.17. The molecule has 2 rings (SSSR count). The molecule has 0 spiro atoms. The van der Waals surface area contributed by atoms with Crippen molar-refractivity contribution in [2.75, 3.05) is 0 Å². The normalized spacial score (nSPS) is 24.2. The molecule has 0 radical (unpaired) electrons. The molecular weight excluding hydrogens is 282 g/mol. The Morgan fingerprint density at radius 1 is 1.18 bits per heavy atom. The molecule has 2 amide bonds. The van der Waals surface area contributed by atoms with Crippen LogP contribution in [0.1, 0.15) is 36.8 Å². The fraction of sp³-hybridized carbons (Fsp3) is 0.385. The van der Waals surface area contributed by atoms with Gasteiger partial charge >= 0.3 is 0 Å². The molecule has 17 heavy (non-hydrogen) atoms. The number of halogens is 1. The van der Waals surface area contributed by atoms with Crippen LogP contribution in [0.25, 0.3) is 0 Å². The maximum absolute atomic E-state index is 11.8. The van der Waals surface area contributed by atoms with Crippen molar-refractivity contribution >= 4 is 27.7 Å². The summed E-state index contributed by atoms with van der Waals surface area (Å²) in [6.45, 7) is 4.16. The summed E-state index contributed by atoms with van der Waals surface area (Å²) < 4.78 is 0. The Kier molecular flexibility index (Phi) is 3.33. The SMILES string of the molecule is CC(C)c1ccccc1C1C(=O)NC(=O)C1Br. The van der Waals surface area contributed by atoms with Gasteiger partial charge in [-0.2, -0.15) is 0 Å². The Morgan fingerprint density at radius 3 is 2.35 bits per heavy atom. The summed E-state index contributed by atoms with van der Waals surface area (Å²) >= 11 is 3.30. The van der Waals surface area contributed by atoms with Crippen LogP contribution in [0.4, 0.5) is 0 Å². The maximum Gasteiger partial charge on any atom is 0.241 e. The summed E-state index contributed by atoms with van der Waals surface area (Å²) in [5, 5.41) is 2.36. The van der Waals surface area contributed by atoms with Crippen LogP contribution in [0.2, 0.25) is 0 Å². The number of imide groups is 1. The first kappa shape index (κ1) is 12.3. The largest absolute Gasteiger partial charge is 0.295 e. The predicted octanol–water partition coefficient (Wildman–Crippen LogP) is 2.31. The van der Waals surface area contributed by atoms with Gasteiger partial charge in [0.1, 0.15) is 4.83 Å². The highest BCUT2D eigenvalue weighted by Gasteiger charge is 2.41. The van der Waals surface area contributed by atoms with Gasteiger partial charge in [0.25, 0.3) is 0 Å². The summed E-state index contributed by atoms with van der Waals surface area (Å²) in [5.41, 5.74) is 2.06. The van der Waals surface area contributed by atoms with Gasteiger partial charge in [0.2, 0.25) is 11.8 Å². The molecule has 1 fully saturated rings. The summed E-state index contributed by atoms with van der Waals surface area (Å²) in [6, 6.07) is 7.79. The summed E-state index contributed by atoms with van der Waals surface area (Å²) in [4.78, 5) is 22.8. The van der Waals surface area contributed by atoms with Gasteiger partial charge < -0.3 is 0 Å². The highest BCUT2D eigenvalue weighted by atomic mass is 79.9. The van der Waals surface area contributed by atoms with E-state index in [1.165, 1.54) is 0 Å². The van der Waals surface area contributed by atoms with E-state index in [-0.39, 0.29) is 11.8 Å². The van der Waals surface area contributed by atoms with E-state index in [2.05, 4.69) is 35.1 Å². The van der Waals surface area contributed by atoms with Crippen molar-refractivity contribution in [1.82, 2.24) is 5.32 Å². The van der Waals surface area contributed by atoms with Gasteiger partial charge in [0.05, 0.1) is 5.92 Å². The van der Waals surface area contributed by atoms with Crippen LogP contribution >= 0.6 is 15.9 Å². The molecule has 1 saturated heterocycles. The lowest BCUT2D eigenvalue weighted by atomic mass is 9.88. The lowest BCUT2D eigenvalue weighted by molar-refractivity contribution is -0.125. The Morgan fingerprint density at radius 2 is 1.82 bits per heavy atom. The van der Waals surface area contributed by atoms with Crippen molar-refractivity contribution < 1.29 is 9.59 Å². The van der Waals surface area contributed by atoms with Crippen molar-refractivity contribution in [3.05, 3.63) is 35.4 Å². The van der Waals surface area contributed by atoms with Crippen molar-refractivity contribution in [3.8, 4) is 0 Å². The Labute approximate surface area is 109 Å². The molecule has 1 aliphatic rings. The van der Waals surface area contributed by atoms with Gasteiger partial charge in [0.15, 0.2) is 0 Å². The first-order valence-corrected chi connectivity index (χ1v) is 6.51. The first-order valence-electron chi connectivity index (χ1n) is 5.60. The topological polar surface area (TPSA) is 46.2 Å². The fourth-order valence-electron chi connectivity index (χ4n) is 2.17. The smallest absolute Gasteiger partial charge is 0.241 e. The first-order chi connectivity index (χ1) is 8.02. The second kappa shape index (κ2) is 4.61. The summed E-state index contributed by atoms with van der Waals surface area (Å²) in [6.07, 6.45) is 0. The number of carbonyl (C=O) groups is 2. The molecule has 1 aliphatic heterocycles. The number of benzene rings is 1. The Hall–Kier alpha value is -1.16. The van der Waals surface area contributed by atoms with Crippen molar-refractivity contribution in [2.24, 2.45) is 0 Å². The van der Waals surface area contributed by atoms with E-state index in [1.807, 2.05) is 24.3 Å². The zero-order valence-electron chi connectivity index (χ0n) is 9.74. The number of hydrogen-bond donors (Lipinski definition) is 1. The third-order valence-electron chi connectivity index (χ3n) is 3.03. The van der Waals surface area contributed by atoms with Crippen LogP contribution < -0.4 is 5.32 Å². The lowest BCUT2D eigenvalue weighted by Crippen LogP contribution is -2.22. The maximum atomic E-state index is 11.8. The van der Waals surface area contributed by atoms with E-state index < -0.39 is 10.7 Å². The van der Waals surface area contributed by atoms with Crippen LogP contribution in [-0.4, -0.2) is 16.6 Å². The molecule has 1 heterocycles. The third kappa shape index (κ3) is 2.14. The van der Waals surface area contributed by atoms with Gasteiger partial charge in [-0.15, -0.1) is 0 Å². The van der Waals surface area contributed by atoms with E-state index in [9.17, 15) is 9.59 Å². The highest BCUT2D eigenvalue weighted by molar-refractivity contribution is 9.10. The van der Waals surface area contributed by atoms with Gasteiger partial charge in [-0.05, 0) is 17.0 Å². The summed E-state index contributed by atoms with van der Waals surface area (Å²) in [7, 11) is 0. The van der Waals surface area contributed by atoms with E-state index in [1.54, 1.807) is 0 Å². The standard InChI is InChI=1S/C13H14BrNO2/c1-7(2)8-5-3-4-6-9(8)10-11(14)13(17)15-12(10)16/h3-7,10-11H,1-2H3,(H,15,16,17). The van der Waals surface area contributed by atoms with E-state index in [0.29, 0.717) is 5.92 Å². The van der Waals surface area contributed by atoms with Gasteiger partial charge in [-0.3, -0.25) is 14.9 Å². The molecule has 1 N–H and O–H groups in total. The highest BCUT2D eigenvalue weighted by Crippen LogP contribution is 2.34. The molecular formula is C13H14BrNO2. The molecule has 1 aromatic rings.